The molecule has 0 fully saturated rings. The second-order valence-corrected chi connectivity index (χ2v) is 4.00. The molecule has 10 nitrogen and oxygen atoms in total. The number of nitro groups is 1. The Balaban J connectivity index is 1.75. The summed E-state index contributed by atoms with van der Waals surface area (Å²) in [5.41, 5.74) is 0.162. The number of carbonyl (C=O) groups excluding carboxylic acids is 2. The van der Waals surface area contributed by atoms with Crippen LogP contribution in [-0.2, 0) is 0 Å². The van der Waals surface area contributed by atoms with Crippen LogP contribution in [0.15, 0.2) is 35.1 Å². The van der Waals surface area contributed by atoms with Gasteiger partial charge in [0.05, 0.1) is 12.3 Å². The van der Waals surface area contributed by atoms with E-state index in [0.29, 0.717) is 0 Å². The minimum Gasteiger partial charge on any atom is -0.395 e. The molecule has 2 amide bonds. The van der Waals surface area contributed by atoms with Crippen molar-refractivity contribution in [1.82, 2.24) is 20.6 Å². The lowest BCUT2D eigenvalue weighted by Gasteiger charge is -2.05. The Bertz CT molecular complexity index is 684. The van der Waals surface area contributed by atoms with Gasteiger partial charge >= 0.3 is 5.88 Å². The Morgan fingerprint density at radius 2 is 1.91 bits per heavy atom. The van der Waals surface area contributed by atoms with E-state index in [1.165, 1.54) is 24.7 Å². The molecule has 0 aliphatic rings. The van der Waals surface area contributed by atoms with Crippen LogP contribution in [0.4, 0.5) is 5.88 Å². The Morgan fingerprint density at radius 1 is 1.18 bits per heavy atom. The highest BCUT2D eigenvalue weighted by Gasteiger charge is 2.16. The molecular weight excluding hydrogens is 294 g/mol. The molecule has 0 spiro atoms. The lowest BCUT2D eigenvalue weighted by molar-refractivity contribution is -0.402. The van der Waals surface area contributed by atoms with Gasteiger partial charge in [-0.05, 0) is 6.07 Å². The standard InChI is InChI=1S/C12H11N5O5/c18-11(8-7-13-3-4-14-8)15-5-6-16-12(19)9-1-2-10(22-9)17(20)21/h1-4,7H,5-6H2,(H,15,18)(H,16,19). The molecule has 2 heterocycles. The summed E-state index contributed by atoms with van der Waals surface area (Å²) >= 11 is 0. The number of hydrogen-bond acceptors (Lipinski definition) is 7. The van der Waals surface area contributed by atoms with E-state index < -0.39 is 22.6 Å². The van der Waals surface area contributed by atoms with Crippen molar-refractivity contribution in [3.05, 3.63) is 52.3 Å². The first kappa shape index (κ1) is 15.1. The van der Waals surface area contributed by atoms with E-state index in [0.717, 1.165) is 6.07 Å². The van der Waals surface area contributed by atoms with Gasteiger partial charge in [0.1, 0.15) is 10.6 Å². The van der Waals surface area contributed by atoms with Crippen molar-refractivity contribution in [3.8, 4) is 0 Å². The van der Waals surface area contributed by atoms with E-state index in [-0.39, 0.29) is 24.5 Å². The number of amides is 2. The van der Waals surface area contributed by atoms with E-state index in [9.17, 15) is 19.7 Å². The molecule has 0 aromatic carbocycles. The second-order valence-electron chi connectivity index (χ2n) is 4.00. The van der Waals surface area contributed by atoms with Crippen molar-refractivity contribution < 1.29 is 18.9 Å². The molecule has 0 radical (unpaired) electrons. The fourth-order valence-corrected chi connectivity index (χ4v) is 1.49. The van der Waals surface area contributed by atoms with Gasteiger partial charge in [-0.2, -0.15) is 0 Å². The van der Waals surface area contributed by atoms with Crippen molar-refractivity contribution in [3.63, 3.8) is 0 Å². The maximum absolute atomic E-state index is 11.6. The first-order valence-corrected chi connectivity index (χ1v) is 6.14. The highest BCUT2D eigenvalue weighted by Crippen LogP contribution is 2.15. The molecule has 0 unspecified atom stereocenters. The zero-order chi connectivity index (χ0) is 15.9. The summed E-state index contributed by atoms with van der Waals surface area (Å²) in [6.45, 7) is 0.281. The van der Waals surface area contributed by atoms with E-state index in [4.69, 9.17) is 4.42 Å². The van der Waals surface area contributed by atoms with Crippen LogP contribution in [0.3, 0.4) is 0 Å². The molecule has 2 aromatic rings. The second kappa shape index (κ2) is 6.92. The SMILES string of the molecule is O=C(NCCNC(=O)c1ccc([N+](=O)[O-])o1)c1cnccn1. The van der Waals surface area contributed by atoms with Gasteiger partial charge in [0.15, 0.2) is 5.76 Å². The van der Waals surface area contributed by atoms with E-state index in [2.05, 4.69) is 20.6 Å². The van der Waals surface area contributed by atoms with Crippen LogP contribution in [-0.4, -0.2) is 39.8 Å². The number of aromatic nitrogens is 2. The molecule has 2 aromatic heterocycles. The molecule has 0 saturated heterocycles. The van der Waals surface area contributed by atoms with Crippen LogP contribution < -0.4 is 10.6 Å². The largest absolute Gasteiger partial charge is 0.433 e. The topological polar surface area (TPSA) is 140 Å². The quantitative estimate of drug-likeness (QED) is 0.439. The molecule has 0 aliphatic heterocycles. The average molecular weight is 305 g/mol. The molecule has 0 atom stereocenters. The molecule has 2 rings (SSSR count). The normalized spacial score (nSPS) is 10.0. The summed E-state index contributed by atoms with van der Waals surface area (Å²) in [6.07, 6.45) is 4.15. The van der Waals surface area contributed by atoms with Crippen molar-refractivity contribution >= 4 is 17.7 Å². The summed E-state index contributed by atoms with van der Waals surface area (Å²) in [7, 11) is 0. The summed E-state index contributed by atoms with van der Waals surface area (Å²) in [4.78, 5) is 40.5. The molecule has 10 heteroatoms. The molecular formula is C12H11N5O5. The first-order chi connectivity index (χ1) is 10.6. The third kappa shape index (κ3) is 3.85. The van der Waals surface area contributed by atoms with E-state index >= 15 is 0 Å². The minimum atomic E-state index is -0.738. The number of furan rings is 1. The number of carbonyl (C=O) groups is 2. The molecule has 114 valence electrons. The van der Waals surface area contributed by atoms with Gasteiger partial charge < -0.3 is 15.1 Å². The summed E-state index contributed by atoms with van der Waals surface area (Å²) < 4.78 is 4.74. The number of rotatable bonds is 6. The Kier molecular flexibility index (Phi) is 4.75. The Morgan fingerprint density at radius 3 is 2.50 bits per heavy atom. The smallest absolute Gasteiger partial charge is 0.395 e. The van der Waals surface area contributed by atoms with Crippen LogP contribution >= 0.6 is 0 Å². The van der Waals surface area contributed by atoms with Gasteiger partial charge in [0.25, 0.3) is 11.8 Å². The summed E-state index contributed by atoms with van der Waals surface area (Å²) in [5, 5.41) is 15.4. The third-order valence-corrected chi connectivity index (χ3v) is 2.49. The van der Waals surface area contributed by atoms with Gasteiger partial charge in [0.2, 0.25) is 0 Å². The molecule has 0 aliphatic carbocycles. The van der Waals surface area contributed by atoms with E-state index in [1.54, 1.807) is 0 Å². The molecule has 2 N–H and O–H groups in total. The van der Waals surface area contributed by atoms with Crippen LogP contribution in [0.5, 0.6) is 0 Å². The molecule has 0 bridgehead atoms. The van der Waals surface area contributed by atoms with Gasteiger partial charge in [-0.15, -0.1) is 0 Å². The first-order valence-electron chi connectivity index (χ1n) is 6.14. The predicted molar refractivity (Wildman–Crippen MR) is 72.1 cm³/mol. The lowest BCUT2D eigenvalue weighted by Crippen LogP contribution is -2.34. The minimum absolute atomic E-state index is 0.124. The zero-order valence-corrected chi connectivity index (χ0v) is 11.2. The van der Waals surface area contributed by atoms with Crippen molar-refractivity contribution in [2.45, 2.75) is 0 Å². The average Bonchev–Trinajstić information content (AvgIpc) is 3.02. The molecule has 0 saturated carbocycles. The predicted octanol–water partition coefficient (Wildman–Crippen LogP) is 0.138. The van der Waals surface area contributed by atoms with Crippen LogP contribution in [0, 0.1) is 10.1 Å². The molecule has 22 heavy (non-hydrogen) atoms. The van der Waals surface area contributed by atoms with Crippen molar-refractivity contribution in [1.29, 1.82) is 0 Å². The summed E-state index contributed by atoms with van der Waals surface area (Å²) in [6, 6.07) is 2.29. The maximum atomic E-state index is 11.6. The lowest BCUT2D eigenvalue weighted by atomic mass is 10.4. The van der Waals surface area contributed by atoms with Gasteiger partial charge in [-0.3, -0.25) is 24.7 Å². The van der Waals surface area contributed by atoms with Gasteiger partial charge in [-0.25, -0.2) is 4.98 Å². The maximum Gasteiger partial charge on any atom is 0.433 e. The van der Waals surface area contributed by atoms with Crippen molar-refractivity contribution in [2.75, 3.05) is 13.1 Å². The fourth-order valence-electron chi connectivity index (χ4n) is 1.49. The summed E-state index contributed by atoms with van der Waals surface area (Å²) in [5.74, 6) is -1.72. The third-order valence-electron chi connectivity index (χ3n) is 2.49. The van der Waals surface area contributed by atoms with Crippen LogP contribution in [0.25, 0.3) is 0 Å². The van der Waals surface area contributed by atoms with Crippen LogP contribution in [0.1, 0.15) is 21.0 Å². The number of hydrogen-bond donors (Lipinski definition) is 2. The zero-order valence-electron chi connectivity index (χ0n) is 11.2. The number of nitrogens with zero attached hydrogens (tertiary/aromatic N) is 3. The fraction of sp³-hybridized carbons (Fsp3) is 0.167. The Hall–Kier alpha value is -3.30. The van der Waals surface area contributed by atoms with Crippen molar-refractivity contribution in [2.24, 2.45) is 0 Å². The Labute approximate surface area is 123 Å². The van der Waals surface area contributed by atoms with E-state index in [1.807, 2.05) is 0 Å². The highest BCUT2D eigenvalue weighted by atomic mass is 16.6. The number of nitrogens with one attached hydrogen (secondary N) is 2. The van der Waals surface area contributed by atoms with Gasteiger partial charge in [-0.1, -0.05) is 0 Å². The monoisotopic (exact) mass is 305 g/mol. The highest BCUT2D eigenvalue weighted by molar-refractivity contribution is 5.92. The van der Waals surface area contributed by atoms with Crippen LogP contribution in [0.2, 0.25) is 0 Å². The van der Waals surface area contributed by atoms with Gasteiger partial charge in [0, 0.05) is 25.5 Å².